The summed E-state index contributed by atoms with van der Waals surface area (Å²) in [5.74, 6) is 0.236. The van der Waals surface area contributed by atoms with Crippen molar-refractivity contribution in [2.45, 2.75) is 25.2 Å². The van der Waals surface area contributed by atoms with Gasteiger partial charge in [0.05, 0.1) is 12.2 Å². The van der Waals surface area contributed by atoms with Crippen LogP contribution in [0.4, 0.5) is 0 Å². The predicted octanol–water partition coefficient (Wildman–Crippen LogP) is 3.88. The minimum Gasteiger partial charge on any atom is -0.493 e. The number of ether oxygens (including phenoxy) is 1. The van der Waals surface area contributed by atoms with Gasteiger partial charge in [-0.3, -0.25) is 0 Å². The molecule has 3 rings (SSSR count). The van der Waals surface area contributed by atoms with Crippen LogP contribution in [0.2, 0.25) is 0 Å². The van der Waals surface area contributed by atoms with Crippen LogP contribution in [-0.4, -0.2) is 17.7 Å². The number of hydrogen-bond acceptors (Lipinski definition) is 2. The lowest BCUT2D eigenvalue weighted by atomic mass is 9.83. The van der Waals surface area contributed by atoms with Crippen molar-refractivity contribution >= 4 is 5.97 Å². The molecule has 0 amide bonds. The summed E-state index contributed by atoms with van der Waals surface area (Å²) in [5.41, 5.74) is 3.11. The van der Waals surface area contributed by atoms with E-state index in [9.17, 15) is 4.79 Å². The molecule has 0 bridgehead atoms. The Bertz CT molecular complexity index is 631. The van der Waals surface area contributed by atoms with Crippen LogP contribution < -0.4 is 4.74 Å². The maximum absolute atomic E-state index is 10.8. The monoisotopic (exact) mass is 282 g/mol. The van der Waals surface area contributed by atoms with E-state index in [0.29, 0.717) is 12.5 Å². The van der Waals surface area contributed by atoms with Crippen molar-refractivity contribution < 1.29 is 14.6 Å². The second-order valence-electron chi connectivity index (χ2n) is 5.43. The van der Waals surface area contributed by atoms with Crippen LogP contribution >= 0.6 is 0 Å². The fourth-order valence-electron chi connectivity index (χ4n) is 2.92. The molecule has 1 aliphatic carbocycles. The Kier molecular flexibility index (Phi) is 3.91. The molecular formula is C18H18O3. The van der Waals surface area contributed by atoms with E-state index in [1.54, 1.807) is 24.3 Å². The van der Waals surface area contributed by atoms with Crippen LogP contribution in [0.1, 0.15) is 40.2 Å². The standard InChI is InChI=1S/C18H18O3/c19-18(20)14-8-10-16(11-9-14)21-12-15-6-3-5-13-4-1-2-7-17(13)15/h1-2,4,7-11,15H,3,5-6,12H2,(H,19,20). The quantitative estimate of drug-likeness (QED) is 0.925. The Morgan fingerprint density at radius 3 is 2.67 bits per heavy atom. The van der Waals surface area contributed by atoms with Gasteiger partial charge in [0, 0.05) is 5.92 Å². The van der Waals surface area contributed by atoms with E-state index in [1.165, 1.54) is 17.5 Å². The third-order valence-corrected chi connectivity index (χ3v) is 4.05. The van der Waals surface area contributed by atoms with E-state index >= 15 is 0 Å². The summed E-state index contributed by atoms with van der Waals surface area (Å²) in [4.78, 5) is 10.8. The molecule has 1 atom stereocenters. The number of hydrogen-bond donors (Lipinski definition) is 1. The Morgan fingerprint density at radius 1 is 1.14 bits per heavy atom. The molecule has 0 saturated carbocycles. The molecule has 3 nitrogen and oxygen atoms in total. The number of carbonyl (C=O) groups is 1. The third-order valence-electron chi connectivity index (χ3n) is 4.05. The molecule has 0 aromatic heterocycles. The number of rotatable bonds is 4. The molecular weight excluding hydrogens is 264 g/mol. The first-order valence-electron chi connectivity index (χ1n) is 7.28. The Balaban J connectivity index is 1.67. The van der Waals surface area contributed by atoms with Gasteiger partial charge in [-0.05, 0) is 54.7 Å². The topological polar surface area (TPSA) is 46.5 Å². The zero-order valence-corrected chi connectivity index (χ0v) is 11.8. The minimum atomic E-state index is -0.914. The summed E-state index contributed by atoms with van der Waals surface area (Å²) in [5, 5.41) is 8.88. The van der Waals surface area contributed by atoms with E-state index in [1.807, 2.05) is 0 Å². The average molecular weight is 282 g/mol. The number of carboxylic acids is 1. The molecule has 0 aliphatic heterocycles. The highest BCUT2D eigenvalue weighted by atomic mass is 16.5. The van der Waals surface area contributed by atoms with Crippen molar-refractivity contribution in [2.75, 3.05) is 6.61 Å². The third kappa shape index (κ3) is 3.07. The first-order chi connectivity index (χ1) is 10.2. The van der Waals surface area contributed by atoms with Gasteiger partial charge in [0.2, 0.25) is 0 Å². The summed E-state index contributed by atoms with van der Waals surface area (Å²) < 4.78 is 5.84. The number of carboxylic acid groups (broad SMARTS) is 1. The SMILES string of the molecule is O=C(O)c1ccc(OCC2CCCc3ccccc32)cc1. The summed E-state index contributed by atoms with van der Waals surface area (Å²) in [6.45, 7) is 0.642. The predicted molar refractivity (Wildman–Crippen MR) is 81.0 cm³/mol. The first kappa shape index (κ1) is 13.7. The second kappa shape index (κ2) is 6.00. The summed E-state index contributed by atoms with van der Waals surface area (Å²) >= 11 is 0. The Labute approximate surface area is 124 Å². The molecule has 0 fully saturated rings. The summed E-state index contributed by atoms with van der Waals surface area (Å²) in [6.07, 6.45) is 3.49. The number of aromatic carboxylic acids is 1. The number of benzene rings is 2. The van der Waals surface area contributed by atoms with Gasteiger partial charge >= 0.3 is 5.97 Å². The largest absolute Gasteiger partial charge is 0.493 e. The van der Waals surface area contributed by atoms with Crippen LogP contribution in [0.3, 0.4) is 0 Å². The molecule has 1 N–H and O–H groups in total. The maximum Gasteiger partial charge on any atom is 0.335 e. The molecule has 0 spiro atoms. The van der Waals surface area contributed by atoms with Crippen LogP contribution in [0.5, 0.6) is 5.75 Å². The van der Waals surface area contributed by atoms with Crippen molar-refractivity contribution in [3.05, 3.63) is 65.2 Å². The highest BCUT2D eigenvalue weighted by molar-refractivity contribution is 5.87. The van der Waals surface area contributed by atoms with Gasteiger partial charge in [-0.1, -0.05) is 24.3 Å². The molecule has 1 aliphatic rings. The van der Waals surface area contributed by atoms with E-state index in [-0.39, 0.29) is 5.56 Å². The van der Waals surface area contributed by atoms with Gasteiger partial charge < -0.3 is 9.84 Å². The fraction of sp³-hybridized carbons (Fsp3) is 0.278. The van der Waals surface area contributed by atoms with Crippen molar-refractivity contribution in [1.29, 1.82) is 0 Å². The highest BCUT2D eigenvalue weighted by Gasteiger charge is 2.20. The van der Waals surface area contributed by atoms with Crippen LogP contribution in [0.25, 0.3) is 0 Å². The Hall–Kier alpha value is -2.29. The van der Waals surface area contributed by atoms with E-state index in [2.05, 4.69) is 24.3 Å². The summed E-state index contributed by atoms with van der Waals surface area (Å²) in [6, 6.07) is 15.2. The number of fused-ring (bicyclic) bond motifs is 1. The lowest BCUT2D eigenvalue weighted by molar-refractivity contribution is 0.0697. The maximum atomic E-state index is 10.8. The average Bonchev–Trinajstić information content (AvgIpc) is 2.53. The van der Waals surface area contributed by atoms with Gasteiger partial charge in [0.25, 0.3) is 0 Å². The van der Waals surface area contributed by atoms with Gasteiger partial charge in [-0.25, -0.2) is 4.79 Å². The van der Waals surface area contributed by atoms with Gasteiger partial charge in [-0.2, -0.15) is 0 Å². The van der Waals surface area contributed by atoms with Crippen LogP contribution in [-0.2, 0) is 6.42 Å². The lowest BCUT2D eigenvalue weighted by Crippen LogP contribution is -2.16. The summed E-state index contributed by atoms with van der Waals surface area (Å²) in [7, 11) is 0. The van der Waals surface area contributed by atoms with Crippen molar-refractivity contribution in [2.24, 2.45) is 0 Å². The first-order valence-corrected chi connectivity index (χ1v) is 7.28. The molecule has 21 heavy (non-hydrogen) atoms. The highest BCUT2D eigenvalue weighted by Crippen LogP contribution is 2.31. The fourth-order valence-corrected chi connectivity index (χ4v) is 2.92. The smallest absolute Gasteiger partial charge is 0.335 e. The molecule has 2 aromatic carbocycles. The second-order valence-corrected chi connectivity index (χ2v) is 5.43. The molecule has 0 saturated heterocycles. The zero-order valence-electron chi connectivity index (χ0n) is 11.8. The van der Waals surface area contributed by atoms with Gasteiger partial charge in [0.1, 0.15) is 5.75 Å². The van der Waals surface area contributed by atoms with Crippen LogP contribution in [0.15, 0.2) is 48.5 Å². The molecule has 0 radical (unpaired) electrons. The van der Waals surface area contributed by atoms with Crippen molar-refractivity contribution in [3.63, 3.8) is 0 Å². The van der Waals surface area contributed by atoms with Crippen molar-refractivity contribution in [3.8, 4) is 5.75 Å². The molecule has 0 heterocycles. The van der Waals surface area contributed by atoms with Crippen LogP contribution in [0, 0.1) is 0 Å². The van der Waals surface area contributed by atoms with Gasteiger partial charge in [0.15, 0.2) is 0 Å². The normalized spacial score (nSPS) is 17.0. The van der Waals surface area contributed by atoms with E-state index in [4.69, 9.17) is 9.84 Å². The molecule has 2 aromatic rings. The lowest BCUT2D eigenvalue weighted by Gasteiger charge is -2.25. The molecule has 3 heteroatoms. The number of aryl methyl sites for hydroxylation is 1. The Morgan fingerprint density at radius 2 is 1.90 bits per heavy atom. The minimum absolute atomic E-state index is 0.283. The van der Waals surface area contributed by atoms with E-state index < -0.39 is 5.97 Å². The molecule has 108 valence electrons. The van der Waals surface area contributed by atoms with E-state index in [0.717, 1.165) is 18.6 Å². The molecule has 1 unspecified atom stereocenters. The van der Waals surface area contributed by atoms with Crippen molar-refractivity contribution in [1.82, 2.24) is 0 Å². The van der Waals surface area contributed by atoms with Gasteiger partial charge in [-0.15, -0.1) is 0 Å². The zero-order chi connectivity index (χ0) is 14.7.